The highest BCUT2D eigenvalue weighted by Gasteiger charge is 2.12. The number of nitrogens with zero attached hydrogens (tertiary/aromatic N) is 1. The summed E-state index contributed by atoms with van der Waals surface area (Å²) in [6.07, 6.45) is 4.38. The van der Waals surface area contributed by atoms with Crippen molar-refractivity contribution in [1.82, 2.24) is 4.98 Å². The van der Waals surface area contributed by atoms with E-state index in [0.717, 1.165) is 35.6 Å². The first kappa shape index (κ1) is 24.4. The molecule has 0 amide bonds. The highest BCUT2D eigenvalue weighted by atomic mass is 32.2. The standard InChI is InChI=1S/C26H33NO4S/c1-5-28-25(29-6-2)16-9-20-7-12-22(13-8-20)30-18-17-24-19(3)31-26(27-24)21-10-14-23(32-4)15-11-21/h7-8,10-15,25H,5-6,9,16-18H2,1-4H3. The van der Waals surface area contributed by atoms with E-state index in [1.807, 2.05) is 45.0 Å². The smallest absolute Gasteiger partial charge is 0.226 e. The van der Waals surface area contributed by atoms with Crippen molar-refractivity contribution in [2.45, 2.75) is 51.2 Å². The maximum Gasteiger partial charge on any atom is 0.226 e. The monoisotopic (exact) mass is 455 g/mol. The van der Waals surface area contributed by atoms with Gasteiger partial charge in [0.1, 0.15) is 11.5 Å². The fourth-order valence-electron chi connectivity index (χ4n) is 3.41. The van der Waals surface area contributed by atoms with Gasteiger partial charge in [-0.3, -0.25) is 0 Å². The second kappa shape index (κ2) is 12.7. The molecule has 3 rings (SSSR count). The van der Waals surface area contributed by atoms with Crippen LogP contribution in [0.3, 0.4) is 0 Å². The van der Waals surface area contributed by atoms with Crippen LogP contribution in [-0.2, 0) is 22.3 Å². The molecule has 1 heterocycles. The molecule has 0 atom stereocenters. The van der Waals surface area contributed by atoms with Gasteiger partial charge in [-0.05, 0) is 75.4 Å². The van der Waals surface area contributed by atoms with E-state index < -0.39 is 0 Å². The summed E-state index contributed by atoms with van der Waals surface area (Å²) in [5, 5.41) is 0. The number of aromatic nitrogens is 1. The van der Waals surface area contributed by atoms with Crippen molar-refractivity contribution < 1.29 is 18.6 Å². The first-order chi connectivity index (χ1) is 15.6. The highest BCUT2D eigenvalue weighted by Crippen LogP contribution is 2.25. The lowest BCUT2D eigenvalue weighted by molar-refractivity contribution is -0.139. The molecule has 0 aliphatic carbocycles. The zero-order chi connectivity index (χ0) is 22.8. The summed E-state index contributed by atoms with van der Waals surface area (Å²) < 4.78 is 23.0. The summed E-state index contributed by atoms with van der Waals surface area (Å²) in [4.78, 5) is 5.90. The molecule has 0 aliphatic heterocycles. The Bertz CT molecular complexity index is 931. The maximum absolute atomic E-state index is 5.93. The van der Waals surface area contributed by atoms with Crippen LogP contribution in [0.15, 0.2) is 57.8 Å². The average molecular weight is 456 g/mol. The molecule has 172 valence electrons. The van der Waals surface area contributed by atoms with Crippen LogP contribution in [0, 0.1) is 6.92 Å². The largest absolute Gasteiger partial charge is 0.493 e. The third-order valence-corrected chi connectivity index (χ3v) is 5.88. The minimum atomic E-state index is -0.139. The van der Waals surface area contributed by atoms with E-state index in [0.29, 0.717) is 32.1 Å². The summed E-state index contributed by atoms with van der Waals surface area (Å²) in [6, 6.07) is 16.5. The Labute approximate surface area is 195 Å². The number of hydrogen-bond donors (Lipinski definition) is 0. The quantitative estimate of drug-likeness (QED) is 0.222. The molecule has 0 fully saturated rings. The van der Waals surface area contributed by atoms with E-state index in [4.69, 9.17) is 18.6 Å². The molecule has 0 saturated carbocycles. The van der Waals surface area contributed by atoms with E-state index in [1.165, 1.54) is 10.5 Å². The summed E-state index contributed by atoms with van der Waals surface area (Å²) in [5.74, 6) is 2.35. The first-order valence-electron chi connectivity index (χ1n) is 11.2. The van der Waals surface area contributed by atoms with Crippen LogP contribution >= 0.6 is 11.8 Å². The summed E-state index contributed by atoms with van der Waals surface area (Å²) in [5.41, 5.74) is 3.17. The number of ether oxygens (including phenoxy) is 3. The Balaban J connectivity index is 1.48. The lowest BCUT2D eigenvalue weighted by atomic mass is 10.1. The molecule has 0 spiro atoms. The molecular formula is C26H33NO4S. The lowest BCUT2D eigenvalue weighted by Crippen LogP contribution is -2.18. The molecule has 0 unspecified atom stereocenters. The number of benzene rings is 2. The van der Waals surface area contributed by atoms with Gasteiger partial charge < -0.3 is 18.6 Å². The van der Waals surface area contributed by atoms with Crippen LogP contribution in [0.4, 0.5) is 0 Å². The van der Waals surface area contributed by atoms with Gasteiger partial charge in [-0.25, -0.2) is 4.98 Å². The van der Waals surface area contributed by atoms with Crippen LogP contribution < -0.4 is 4.74 Å². The molecule has 3 aromatic rings. The summed E-state index contributed by atoms with van der Waals surface area (Å²) in [6.45, 7) is 7.80. The van der Waals surface area contributed by atoms with Crippen molar-refractivity contribution in [3.63, 3.8) is 0 Å². The minimum absolute atomic E-state index is 0.139. The van der Waals surface area contributed by atoms with Gasteiger partial charge in [-0.15, -0.1) is 11.8 Å². The number of thioether (sulfide) groups is 1. The molecule has 0 radical (unpaired) electrons. The van der Waals surface area contributed by atoms with Gasteiger partial charge in [0.05, 0.1) is 12.3 Å². The fourth-order valence-corrected chi connectivity index (χ4v) is 3.81. The van der Waals surface area contributed by atoms with Gasteiger partial charge in [-0.1, -0.05) is 12.1 Å². The van der Waals surface area contributed by atoms with Crippen LogP contribution in [0.25, 0.3) is 11.5 Å². The Morgan fingerprint density at radius 2 is 1.62 bits per heavy atom. The molecule has 2 aromatic carbocycles. The highest BCUT2D eigenvalue weighted by molar-refractivity contribution is 7.98. The number of oxazole rings is 1. The van der Waals surface area contributed by atoms with Gasteiger partial charge in [0.25, 0.3) is 0 Å². The maximum atomic E-state index is 5.93. The van der Waals surface area contributed by atoms with E-state index >= 15 is 0 Å². The van der Waals surface area contributed by atoms with Crippen LogP contribution in [0.1, 0.15) is 37.3 Å². The Hall–Kier alpha value is -2.28. The van der Waals surface area contributed by atoms with Crippen molar-refractivity contribution in [3.05, 3.63) is 65.5 Å². The molecule has 1 aromatic heterocycles. The number of rotatable bonds is 13. The van der Waals surface area contributed by atoms with Crippen molar-refractivity contribution in [3.8, 4) is 17.2 Å². The molecule has 0 saturated heterocycles. The topological polar surface area (TPSA) is 53.7 Å². The Kier molecular flexibility index (Phi) is 9.65. The lowest BCUT2D eigenvalue weighted by Gasteiger charge is -2.16. The van der Waals surface area contributed by atoms with E-state index in [-0.39, 0.29) is 6.29 Å². The fraction of sp³-hybridized carbons (Fsp3) is 0.423. The molecule has 0 N–H and O–H groups in total. The van der Waals surface area contributed by atoms with Crippen molar-refractivity contribution >= 4 is 11.8 Å². The van der Waals surface area contributed by atoms with Gasteiger partial charge >= 0.3 is 0 Å². The predicted molar refractivity (Wildman–Crippen MR) is 129 cm³/mol. The molecule has 0 bridgehead atoms. The van der Waals surface area contributed by atoms with Gasteiger partial charge in [0.15, 0.2) is 6.29 Å². The SMILES string of the molecule is CCOC(CCc1ccc(OCCc2nc(-c3ccc(SC)cc3)oc2C)cc1)OCC. The molecule has 0 aliphatic rings. The average Bonchev–Trinajstić information content (AvgIpc) is 3.19. The number of aryl methyl sites for hydroxylation is 2. The Morgan fingerprint density at radius 1 is 0.938 bits per heavy atom. The van der Waals surface area contributed by atoms with Gasteiger partial charge in [-0.2, -0.15) is 0 Å². The predicted octanol–water partition coefficient (Wildman–Crippen LogP) is 6.33. The summed E-state index contributed by atoms with van der Waals surface area (Å²) in [7, 11) is 0. The summed E-state index contributed by atoms with van der Waals surface area (Å²) >= 11 is 1.72. The van der Waals surface area contributed by atoms with Crippen LogP contribution in [0.2, 0.25) is 0 Å². The second-order valence-electron chi connectivity index (χ2n) is 7.37. The van der Waals surface area contributed by atoms with Crippen molar-refractivity contribution in [2.75, 3.05) is 26.1 Å². The molecule has 5 nitrogen and oxygen atoms in total. The van der Waals surface area contributed by atoms with Crippen molar-refractivity contribution in [2.24, 2.45) is 0 Å². The molecule has 32 heavy (non-hydrogen) atoms. The minimum Gasteiger partial charge on any atom is -0.493 e. The third kappa shape index (κ3) is 7.12. The zero-order valence-corrected chi connectivity index (χ0v) is 20.2. The zero-order valence-electron chi connectivity index (χ0n) is 19.4. The van der Waals surface area contributed by atoms with E-state index in [1.54, 1.807) is 11.8 Å². The van der Waals surface area contributed by atoms with E-state index in [2.05, 4.69) is 35.5 Å². The first-order valence-corrected chi connectivity index (χ1v) is 12.4. The van der Waals surface area contributed by atoms with E-state index in [9.17, 15) is 0 Å². The van der Waals surface area contributed by atoms with Crippen LogP contribution in [0.5, 0.6) is 5.75 Å². The molecular weight excluding hydrogens is 422 g/mol. The Morgan fingerprint density at radius 3 is 2.25 bits per heavy atom. The molecule has 6 heteroatoms. The van der Waals surface area contributed by atoms with Crippen molar-refractivity contribution in [1.29, 1.82) is 0 Å². The van der Waals surface area contributed by atoms with Gasteiger partial charge in [0.2, 0.25) is 5.89 Å². The second-order valence-corrected chi connectivity index (χ2v) is 8.25. The number of hydrogen-bond acceptors (Lipinski definition) is 6. The normalized spacial score (nSPS) is 11.3. The third-order valence-electron chi connectivity index (χ3n) is 5.13. The van der Waals surface area contributed by atoms with Crippen LogP contribution in [-0.4, -0.2) is 37.4 Å². The van der Waals surface area contributed by atoms with Gasteiger partial charge in [0, 0.05) is 36.5 Å².